The van der Waals surface area contributed by atoms with Crippen molar-refractivity contribution in [3.63, 3.8) is 0 Å². The summed E-state index contributed by atoms with van der Waals surface area (Å²) in [4.78, 5) is 67.0. The van der Waals surface area contributed by atoms with Gasteiger partial charge in [0.15, 0.2) is 28.3 Å². The Labute approximate surface area is 243 Å². The fourth-order valence-electron chi connectivity index (χ4n) is 6.18. The van der Waals surface area contributed by atoms with E-state index in [-0.39, 0.29) is 40.1 Å². The van der Waals surface area contributed by atoms with Crippen LogP contribution in [0.25, 0.3) is 10.9 Å². The number of halogens is 1. The Balaban J connectivity index is 1.36. The summed E-state index contributed by atoms with van der Waals surface area (Å²) in [6.45, 7) is 2.26. The molecule has 3 heterocycles. The van der Waals surface area contributed by atoms with Crippen molar-refractivity contribution in [1.82, 2.24) is 9.88 Å². The number of hydrogen-bond acceptors (Lipinski definition) is 10. The van der Waals surface area contributed by atoms with Gasteiger partial charge in [0.05, 0.1) is 18.0 Å². The van der Waals surface area contributed by atoms with Crippen LogP contribution in [0.2, 0.25) is 0 Å². The third kappa shape index (κ3) is 5.42. The molecular weight excluding hydrogens is 587 g/mol. The normalized spacial score (nSPS) is 20.5. The summed E-state index contributed by atoms with van der Waals surface area (Å²) in [5, 5.41) is 2.29. The van der Waals surface area contributed by atoms with Crippen LogP contribution < -0.4 is 25.1 Å². The zero-order chi connectivity index (χ0) is 29.7. The number of esters is 1. The Morgan fingerprint density at radius 2 is 1.81 bits per heavy atom. The molecule has 2 aromatic carbocycles. The van der Waals surface area contributed by atoms with Crippen LogP contribution in [0.1, 0.15) is 53.0 Å². The molecule has 6 rings (SSSR count). The third-order valence-electron chi connectivity index (χ3n) is 8.30. The lowest BCUT2D eigenvalue weighted by molar-refractivity contribution is 0.0732. The van der Waals surface area contributed by atoms with E-state index in [0.29, 0.717) is 30.2 Å². The maximum Gasteiger partial charge on any atom is 0.349 e. The lowest BCUT2D eigenvalue weighted by Gasteiger charge is -2.25. The molecule has 2 unspecified atom stereocenters. The molecule has 5 N–H and O–H groups in total. The van der Waals surface area contributed by atoms with Gasteiger partial charge in [0, 0.05) is 31.4 Å². The third-order valence-corrected chi connectivity index (χ3v) is 11.0. The van der Waals surface area contributed by atoms with E-state index in [1.807, 2.05) is 9.47 Å². The van der Waals surface area contributed by atoms with E-state index < -0.39 is 39.4 Å². The molecule has 0 amide bonds. The van der Waals surface area contributed by atoms with Gasteiger partial charge in [-0.15, -0.1) is 0 Å². The van der Waals surface area contributed by atoms with Gasteiger partial charge >= 0.3 is 5.97 Å². The monoisotopic (exact) mass is 619 g/mol. The number of hydrogen-bond donors (Lipinski definition) is 5. The second-order valence-electron chi connectivity index (χ2n) is 11.0. The molecule has 0 radical (unpaired) electrons. The number of carbonyl (C=O) groups is 1. The molecule has 0 bridgehead atoms. The van der Waals surface area contributed by atoms with E-state index in [9.17, 15) is 29.2 Å². The van der Waals surface area contributed by atoms with Crippen molar-refractivity contribution >= 4 is 39.3 Å². The topological polar surface area (TPSA) is 154 Å². The first-order chi connectivity index (χ1) is 20.2. The highest BCUT2D eigenvalue weighted by molar-refractivity contribution is 7.63. The van der Waals surface area contributed by atoms with Gasteiger partial charge in [0.2, 0.25) is 5.43 Å². The van der Waals surface area contributed by atoms with E-state index >= 15 is 4.39 Å². The minimum atomic E-state index is -2.65. The Hall–Kier alpha value is -2.69. The van der Waals surface area contributed by atoms with Crippen molar-refractivity contribution in [2.24, 2.45) is 5.92 Å². The summed E-state index contributed by atoms with van der Waals surface area (Å²) in [5.41, 5.74) is 0.0832. The average Bonchev–Trinajstić information content (AvgIpc) is 3.71. The molecule has 2 atom stereocenters. The fourth-order valence-corrected chi connectivity index (χ4v) is 7.79. The standard InChI is InChI=1S/C28H32FN3O8P2/c1-39-26-23-19(11-21(29)24(26)31-12-16-3-2-10-30-22(16)14-31)25(33)20(13-32(23)17-6-7-17)27(34)40-18-8-4-15(5-9-18)28(41(35)36)42(37)38/h4-5,8-9,11,13,16-17,22,28,30,35-38H,2-3,6-7,10,12,14H2,1H3. The Morgan fingerprint density at radius 1 is 1.10 bits per heavy atom. The van der Waals surface area contributed by atoms with Crippen LogP contribution in [-0.4, -0.2) is 62.9 Å². The average molecular weight is 620 g/mol. The summed E-state index contributed by atoms with van der Waals surface area (Å²) in [6.07, 6.45) is 5.27. The number of methoxy groups -OCH3 is 1. The zero-order valence-electron chi connectivity index (χ0n) is 22.8. The number of fused-ring (bicyclic) bond motifs is 2. The van der Waals surface area contributed by atoms with Crippen molar-refractivity contribution < 1.29 is 38.2 Å². The highest BCUT2D eigenvalue weighted by atomic mass is 31.2. The number of carbonyl (C=O) groups excluding carboxylic acids is 1. The van der Waals surface area contributed by atoms with E-state index in [1.165, 1.54) is 43.6 Å². The first-order valence-electron chi connectivity index (χ1n) is 13.8. The molecule has 3 fully saturated rings. The molecule has 1 aromatic heterocycles. The fraction of sp³-hybridized carbons (Fsp3) is 0.429. The van der Waals surface area contributed by atoms with Crippen LogP contribution in [0.15, 0.2) is 41.3 Å². The first kappa shape index (κ1) is 29.4. The zero-order valence-corrected chi connectivity index (χ0v) is 24.6. The summed E-state index contributed by atoms with van der Waals surface area (Å²) >= 11 is 0. The molecule has 1 aliphatic carbocycles. The maximum atomic E-state index is 15.8. The Bertz CT molecular complexity index is 1540. The van der Waals surface area contributed by atoms with Gasteiger partial charge in [0.1, 0.15) is 22.4 Å². The Kier molecular flexibility index (Phi) is 8.24. The lowest BCUT2D eigenvalue weighted by atomic mass is 9.94. The van der Waals surface area contributed by atoms with Crippen LogP contribution in [0.5, 0.6) is 11.5 Å². The van der Waals surface area contributed by atoms with Crippen LogP contribution in [0.3, 0.4) is 0 Å². The molecule has 14 heteroatoms. The number of ether oxygens (including phenoxy) is 2. The largest absolute Gasteiger partial charge is 0.492 e. The number of rotatable bonds is 8. The first-order valence-corrected chi connectivity index (χ1v) is 16.4. The number of nitrogens with one attached hydrogen (secondary N) is 1. The minimum Gasteiger partial charge on any atom is -0.492 e. The Morgan fingerprint density at radius 3 is 2.43 bits per heavy atom. The number of piperidine rings is 1. The maximum absolute atomic E-state index is 15.8. The molecule has 3 aromatic rings. The van der Waals surface area contributed by atoms with Crippen molar-refractivity contribution in [2.75, 3.05) is 31.6 Å². The summed E-state index contributed by atoms with van der Waals surface area (Å²) < 4.78 is 28.9. The van der Waals surface area contributed by atoms with E-state index in [2.05, 4.69) is 5.32 Å². The molecule has 1 saturated carbocycles. The number of benzene rings is 2. The smallest absolute Gasteiger partial charge is 0.349 e. The van der Waals surface area contributed by atoms with E-state index in [4.69, 9.17) is 9.47 Å². The molecule has 2 aliphatic heterocycles. The predicted octanol–water partition coefficient (Wildman–Crippen LogP) is 3.48. The van der Waals surface area contributed by atoms with Gasteiger partial charge in [-0.25, -0.2) is 9.18 Å². The molecule has 11 nitrogen and oxygen atoms in total. The van der Waals surface area contributed by atoms with Crippen LogP contribution in [0.4, 0.5) is 10.1 Å². The van der Waals surface area contributed by atoms with Crippen molar-refractivity contribution in [1.29, 1.82) is 0 Å². The summed E-state index contributed by atoms with van der Waals surface area (Å²) in [7, 11) is -3.84. The van der Waals surface area contributed by atoms with Gasteiger partial charge in [0.25, 0.3) is 0 Å². The van der Waals surface area contributed by atoms with E-state index in [1.54, 1.807) is 0 Å². The van der Waals surface area contributed by atoms with Crippen LogP contribution >= 0.6 is 16.8 Å². The predicted molar refractivity (Wildman–Crippen MR) is 157 cm³/mol. The van der Waals surface area contributed by atoms with Crippen molar-refractivity contribution in [3.8, 4) is 11.5 Å². The van der Waals surface area contributed by atoms with Gasteiger partial charge in [-0.2, -0.15) is 0 Å². The number of aromatic nitrogens is 1. The summed E-state index contributed by atoms with van der Waals surface area (Å²) in [6, 6.07) is 6.96. The number of pyridine rings is 1. The van der Waals surface area contributed by atoms with Crippen LogP contribution in [-0.2, 0) is 0 Å². The quantitative estimate of drug-likeness (QED) is 0.144. The molecule has 0 spiro atoms. The van der Waals surface area contributed by atoms with Gasteiger partial charge in [-0.1, -0.05) is 12.1 Å². The second kappa shape index (κ2) is 11.8. The summed E-state index contributed by atoms with van der Waals surface area (Å²) in [5.74, 6) is -0.780. The van der Waals surface area contributed by atoms with E-state index in [0.717, 1.165) is 32.2 Å². The SMILES string of the molecule is COc1c(N2CC3CCCNC3C2)c(F)cc2c(=O)c(C(=O)Oc3ccc(C(P(O)O)P(O)O)cc3)cn(C3CC3)c12. The minimum absolute atomic E-state index is 0.0182. The molecule has 42 heavy (non-hydrogen) atoms. The van der Waals surface area contributed by atoms with Crippen molar-refractivity contribution in [2.45, 2.75) is 43.2 Å². The highest BCUT2D eigenvalue weighted by Crippen LogP contribution is 2.60. The second-order valence-corrected chi connectivity index (χ2v) is 13.7. The number of anilines is 1. The highest BCUT2D eigenvalue weighted by Gasteiger charge is 2.38. The molecule has 224 valence electrons. The molecule has 2 saturated heterocycles. The number of nitrogens with zero attached hydrogens (tertiary/aromatic N) is 2. The van der Waals surface area contributed by atoms with Crippen molar-refractivity contribution in [3.05, 3.63) is 63.7 Å². The molecule has 3 aliphatic rings. The van der Waals surface area contributed by atoms with Gasteiger partial charge < -0.3 is 43.8 Å². The molecular formula is C28H32FN3O8P2. The van der Waals surface area contributed by atoms with Gasteiger partial charge in [-0.3, -0.25) is 4.79 Å². The lowest BCUT2D eigenvalue weighted by Crippen LogP contribution is -2.40. The van der Waals surface area contributed by atoms with Gasteiger partial charge in [-0.05, 0) is 61.9 Å². The van der Waals surface area contributed by atoms with Crippen LogP contribution in [0, 0.1) is 11.7 Å².